The maximum Gasteiger partial charge on any atom is 0.247 e. The summed E-state index contributed by atoms with van der Waals surface area (Å²) in [6.07, 6.45) is 0.152. The van der Waals surface area contributed by atoms with Gasteiger partial charge in [0.15, 0.2) is 11.6 Å². The van der Waals surface area contributed by atoms with Crippen LogP contribution >= 0.6 is 11.6 Å². The minimum Gasteiger partial charge on any atom is -0.494 e. The molecular weight excluding hydrogens is 375 g/mol. The van der Waals surface area contributed by atoms with Gasteiger partial charge in [0.1, 0.15) is 6.42 Å². The Kier molecular flexibility index (Phi) is 4.55. The van der Waals surface area contributed by atoms with Crippen LogP contribution in [0, 0.1) is 5.82 Å². The summed E-state index contributed by atoms with van der Waals surface area (Å²) in [6, 6.07) is 11.5. The average Bonchev–Trinajstić information content (AvgIpc) is 3.32. The summed E-state index contributed by atoms with van der Waals surface area (Å²) in [4.78, 5) is 4.23. The molecule has 4 rings (SSSR count). The number of ether oxygens (including phenoxy) is 1. The maximum absolute atomic E-state index is 13.8. The number of benzene rings is 2. The van der Waals surface area contributed by atoms with E-state index in [-0.39, 0.29) is 23.9 Å². The Morgan fingerprint density at radius 2 is 1.96 bits per heavy atom. The lowest BCUT2D eigenvalue weighted by Crippen LogP contribution is -1.91. The van der Waals surface area contributed by atoms with Crippen molar-refractivity contribution >= 4 is 11.6 Å². The van der Waals surface area contributed by atoms with Crippen molar-refractivity contribution in [3.05, 3.63) is 65.1 Å². The van der Waals surface area contributed by atoms with Gasteiger partial charge in [-0.2, -0.15) is 4.98 Å². The summed E-state index contributed by atoms with van der Waals surface area (Å²) >= 11 is 5.96. The molecule has 0 aliphatic rings. The van der Waals surface area contributed by atoms with Crippen LogP contribution in [0.15, 0.2) is 51.4 Å². The Hall–Kier alpha value is -3.26. The van der Waals surface area contributed by atoms with E-state index in [4.69, 9.17) is 25.3 Å². The number of nitrogens with zero attached hydrogens (tertiary/aromatic N) is 4. The predicted octanol–water partition coefficient (Wildman–Crippen LogP) is 4.18. The van der Waals surface area contributed by atoms with Crippen LogP contribution in [0.5, 0.6) is 5.75 Å². The maximum atomic E-state index is 13.8. The standard InChI is InChI=1S/C18H12ClFN4O3/c1-25-14-6-5-10(8-13(14)20)17-21-15(27-24-17)9-16-22-23-18(26-16)11-3-2-4-12(19)7-11/h2-8H,9H2,1H3. The van der Waals surface area contributed by atoms with Crippen molar-refractivity contribution in [3.63, 3.8) is 0 Å². The van der Waals surface area contributed by atoms with Crippen LogP contribution in [0.4, 0.5) is 4.39 Å². The summed E-state index contributed by atoms with van der Waals surface area (Å²) < 4.78 is 29.5. The quantitative estimate of drug-likeness (QED) is 0.508. The molecule has 2 aromatic heterocycles. The van der Waals surface area contributed by atoms with Gasteiger partial charge < -0.3 is 13.7 Å². The van der Waals surface area contributed by atoms with E-state index in [0.717, 1.165) is 0 Å². The molecule has 0 spiro atoms. The zero-order valence-electron chi connectivity index (χ0n) is 14.0. The van der Waals surface area contributed by atoms with Crippen LogP contribution in [0.3, 0.4) is 0 Å². The first-order chi connectivity index (χ1) is 13.1. The van der Waals surface area contributed by atoms with Crippen molar-refractivity contribution in [3.8, 4) is 28.6 Å². The van der Waals surface area contributed by atoms with Crippen LogP contribution in [0.1, 0.15) is 11.8 Å². The second kappa shape index (κ2) is 7.16. The first kappa shape index (κ1) is 17.2. The van der Waals surface area contributed by atoms with Crippen molar-refractivity contribution in [2.24, 2.45) is 0 Å². The second-order valence-corrected chi connectivity index (χ2v) is 5.99. The third-order valence-corrected chi connectivity index (χ3v) is 3.95. The van der Waals surface area contributed by atoms with E-state index in [9.17, 15) is 4.39 Å². The van der Waals surface area contributed by atoms with Gasteiger partial charge in [-0.15, -0.1) is 10.2 Å². The monoisotopic (exact) mass is 386 g/mol. The van der Waals surface area contributed by atoms with Crippen LogP contribution in [0.2, 0.25) is 5.02 Å². The fraction of sp³-hybridized carbons (Fsp3) is 0.111. The fourth-order valence-electron chi connectivity index (χ4n) is 2.44. The number of rotatable bonds is 5. The fourth-order valence-corrected chi connectivity index (χ4v) is 2.63. The molecule has 7 nitrogen and oxygen atoms in total. The molecule has 0 aliphatic carbocycles. The summed E-state index contributed by atoms with van der Waals surface area (Å²) in [6.45, 7) is 0. The van der Waals surface area contributed by atoms with Gasteiger partial charge in [-0.1, -0.05) is 22.8 Å². The summed E-state index contributed by atoms with van der Waals surface area (Å²) in [5, 5.41) is 12.4. The summed E-state index contributed by atoms with van der Waals surface area (Å²) in [7, 11) is 1.40. The Bertz CT molecular complexity index is 1100. The highest BCUT2D eigenvalue weighted by atomic mass is 35.5. The van der Waals surface area contributed by atoms with Crippen molar-refractivity contribution in [1.82, 2.24) is 20.3 Å². The Labute approximate surface area is 157 Å². The lowest BCUT2D eigenvalue weighted by molar-refractivity contribution is 0.373. The molecule has 9 heteroatoms. The molecule has 0 unspecified atom stereocenters. The second-order valence-electron chi connectivity index (χ2n) is 5.55. The van der Waals surface area contributed by atoms with Gasteiger partial charge in [0, 0.05) is 16.1 Å². The zero-order chi connectivity index (χ0) is 18.8. The molecule has 2 aromatic carbocycles. The molecule has 0 saturated heterocycles. The normalized spacial score (nSPS) is 10.9. The lowest BCUT2D eigenvalue weighted by Gasteiger charge is -2.01. The van der Waals surface area contributed by atoms with Gasteiger partial charge >= 0.3 is 0 Å². The molecule has 27 heavy (non-hydrogen) atoms. The number of halogens is 2. The molecule has 136 valence electrons. The number of methoxy groups -OCH3 is 1. The van der Waals surface area contributed by atoms with Crippen LogP contribution in [0.25, 0.3) is 22.8 Å². The third-order valence-electron chi connectivity index (χ3n) is 3.72. The van der Waals surface area contributed by atoms with E-state index in [1.54, 1.807) is 24.3 Å². The smallest absolute Gasteiger partial charge is 0.247 e. The Morgan fingerprint density at radius 3 is 2.74 bits per heavy atom. The van der Waals surface area contributed by atoms with E-state index in [0.29, 0.717) is 27.9 Å². The molecule has 0 saturated carbocycles. The van der Waals surface area contributed by atoms with Crippen molar-refractivity contribution in [2.75, 3.05) is 7.11 Å². The van der Waals surface area contributed by atoms with Crippen molar-refractivity contribution in [1.29, 1.82) is 0 Å². The highest BCUT2D eigenvalue weighted by Gasteiger charge is 2.15. The van der Waals surface area contributed by atoms with Gasteiger partial charge in [-0.25, -0.2) is 4.39 Å². The first-order valence-electron chi connectivity index (χ1n) is 7.87. The van der Waals surface area contributed by atoms with E-state index >= 15 is 0 Å². The number of hydrogen-bond acceptors (Lipinski definition) is 7. The summed E-state index contributed by atoms with van der Waals surface area (Å²) in [5.74, 6) is 0.792. The topological polar surface area (TPSA) is 87.1 Å². The molecule has 0 bridgehead atoms. The molecule has 0 atom stereocenters. The van der Waals surface area contributed by atoms with Gasteiger partial charge in [-0.3, -0.25) is 0 Å². The van der Waals surface area contributed by atoms with Gasteiger partial charge in [-0.05, 0) is 36.4 Å². The molecule has 0 amide bonds. The Balaban J connectivity index is 1.52. The molecule has 4 aromatic rings. The van der Waals surface area contributed by atoms with E-state index in [1.165, 1.54) is 19.2 Å². The van der Waals surface area contributed by atoms with Crippen molar-refractivity contribution < 1.29 is 18.1 Å². The van der Waals surface area contributed by atoms with Gasteiger partial charge in [0.2, 0.25) is 23.5 Å². The minimum absolute atomic E-state index is 0.141. The lowest BCUT2D eigenvalue weighted by atomic mass is 10.2. The third kappa shape index (κ3) is 3.65. The minimum atomic E-state index is -0.510. The molecule has 0 aliphatic heterocycles. The zero-order valence-corrected chi connectivity index (χ0v) is 14.8. The van der Waals surface area contributed by atoms with E-state index in [1.807, 2.05) is 6.07 Å². The SMILES string of the molecule is COc1ccc(-c2noc(Cc3nnc(-c4cccc(Cl)c4)o3)n2)cc1F. The number of hydrogen-bond donors (Lipinski definition) is 0. The van der Waals surface area contributed by atoms with Gasteiger partial charge in [0.05, 0.1) is 7.11 Å². The van der Waals surface area contributed by atoms with Crippen LogP contribution in [-0.4, -0.2) is 27.4 Å². The number of aromatic nitrogens is 4. The van der Waals surface area contributed by atoms with E-state index < -0.39 is 5.82 Å². The molecular formula is C18H12ClFN4O3. The highest BCUT2D eigenvalue weighted by molar-refractivity contribution is 6.30. The average molecular weight is 387 g/mol. The van der Waals surface area contributed by atoms with E-state index in [2.05, 4.69) is 20.3 Å². The highest BCUT2D eigenvalue weighted by Crippen LogP contribution is 2.25. The van der Waals surface area contributed by atoms with Crippen LogP contribution in [-0.2, 0) is 6.42 Å². The molecule has 0 N–H and O–H groups in total. The molecule has 0 fully saturated rings. The largest absolute Gasteiger partial charge is 0.494 e. The van der Waals surface area contributed by atoms with Crippen molar-refractivity contribution in [2.45, 2.75) is 6.42 Å². The van der Waals surface area contributed by atoms with Crippen LogP contribution < -0.4 is 4.74 Å². The Morgan fingerprint density at radius 1 is 1.07 bits per heavy atom. The van der Waals surface area contributed by atoms with Gasteiger partial charge in [0.25, 0.3) is 0 Å². The summed E-state index contributed by atoms with van der Waals surface area (Å²) in [5.41, 5.74) is 1.18. The predicted molar refractivity (Wildman–Crippen MR) is 93.8 cm³/mol. The molecule has 0 radical (unpaired) electrons. The molecule has 2 heterocycles. The first-order valence-corrected chi connectivity index (χ1v) is 8.25.